The van der Waals surface area contributed by atoms with Crippen LogP contribution >= 0.6 is 0 Å². The fourth-order valence-electron chi connectivity index (χ4n) is 3.80. The van der Waals surface area contributed by atoms with Gasteiger partial charge < -0.3 is 24.6 Å². The van der Waals surface area contributed by atoms with Crippen LogP contribution in [0.1, 0.15) is 35.3 Å². The predicted molar refractivity (Wildman–Crippen MR) is 147 cm³/mol. The van der Waals surface area contributed by atoms with Crippen molar-refractivity contribution in [2.75, 3.05) is 41.3 Å². The molecule has 0 fully saturated rings. The molecule has 2 N–H and O–H groups in total. The number of carbonyl (C=O) groups excluding carboxylic acids is 1. The van der Waals surface area contributed by atoms with Gasteiger partial charge in [-0.2, -0.15) is 0 Å². The van der Waals surface area contributed by atoms with E-state index < -0.39 is 0 Å². The van der Waals surface area contributed by atoms with E-state index in [9.17, 15) is 9.90 Å². The van der Waals surface area contributed by atoms with Gasteiger partial charge in [0.15, 0.2) is 0 Å². The van der Waals surface area contributed by atoms with Crippen LogP contribution in [0.25, 0.3) is 27.7 Å². The molecule has 36 heavy (non-hydrogen) atoms. The number of methoxy groups -OCH3 is 1. The van der Waals surface area contributed by atoms with Crippen molar-refractivity contribution in [1.82, 2.24) is 19.8 Å². The highest BCUT2D eigenvalue weighted by Gasteiger charge is 2.19. The summed E-state index contributed by atoms with van der Waals surface area (Å²) in [6.45, 7) is 7.07. The number of fused-ring (bicyclic) bond motifs is 1. The highest BCUT2D eigenvalue weighted by molar-refractivity contribution is 5.99. The fraction of sp³-hybridized carbons (Fsp3) is 0.310. The van der Waals surface area contributed by atoms with Crippen LogP contribution in [0.4, 0.5) is 0 Å². The van der Waals surface area contributed by atoms with Gasteiger partial charge in [0.1, 0.15) is 11.4 Å². The van der Waals surface area contributed by atoms with Crippen molar-refractivity contribution >= 4 is 22.5 Å². The largest absolute Gasteiger partial charge is 0.507 e. The molecule has 1 amide bonds. The van der Waals surface area contributed by atoms with Gasteiger partial charge in [0.2, 0.25) is 0 Å². The lowest BCUT2D eigenvalue weighted by Gasteiger charge is -2.21. The third kappa shape index (κ3) is 6.23. The smallest absolute Gasteiger partial charge is 0.257 e. The Morgan fingerprint density at radius 2 is 1.78 bits per heavy atom. The number of aryl methyl sites for hydroxylation is 1. The number of hydrogen-bond donors (Lipinski definition) is 2. The molecule has 0 aliphatic rings. The maximum Gasteiger partial charge on any atom is 0.257 e. The van der Waals surface area contributed by atoms with Crippen molar-refractivity contribution in [3.05, 3.63) is 77.3 Å². The Morgan fingerprint density at radius 1 is 1.06 bits per heavy atom. The zero-order valence-corrected chi connectivity index (χ0v) is 22.2. The second kappa shape index (κ2) is 11.7. The summed E-state index contributed by atoms with van der Waals surface area (Å²) in [5.74, 6) is 0.642. The van der Waals surface area contributed by atoms with Crippen molar-refractivity contribution in [3.63, 3.8) is 0 Å². The molecular weight excluding hydrogens is 452 g/mol. The van der Waals surface area contributed by atoms with Gasteiger partial charge in [-0.25, -0.2) is 4.98 Å². The normalized spacial score (nSPS) is 12.7. The maximum atomic E-state index is 13.1. The van der Waals surface area contributed by atoms with Gasteiger partial charge in [-0.05, 0) is 75.8 Å². The van der Waals surface area contributed by atoms with E-state index in [-0.39, 0.29) is 11.7 Å². The molecule has 2 heterocycles. The number of aromatic amines is 1. The molecule has 3 rings (SSSR count). The number of aromatic hydroxyl groups is 1. The second-order valence-corrected chi connectivity index (χ2v) is 9.26. The quantitative estimate of drug-likeness (QED) is 0.312. The lowest BCUT2D eigenvalue weighted by Crippen LogP contribution is -2.33. The van der Waals surface area contributed by atoms with Gasteiger partial charge in [0.05, 0.1) is 18.4 Å². The van der Waals surface area contributed by atoms with Crippen molar-refractivity contribution in [1.29, 1.82) is 0 Å². The van der Waals surface area contributed by atoms with Crippen LogP contribution < -0.4 is 0 Å². The molecule has 0 atom stereocenters. The fourth-order valence-corrected chi connectivity index (χ4v) is 3.80. The number of benzene rings is 1. The number of carbonyl (C=O) groups is 1. The number of allylic oxidation sites excluding steroid dienone is 6. The lowest BCUT2D eigenvalue weighted by atomic mass is 9.98. The van der Waals surface area contributed by atoms with Gasteiger partial charge in [0.25, 0.3) is 5.91 Å². The van der Waals surface area contributed by atoms with Crippen LogP contribution in [-0.4, -0.2) is 72.1 Å². The first kappa shape index (κ1) is 26.8. The standard InChI is InChI=1S/C29H36N4O3/c1-19(10-8-9-11-21(3)36-7)26-18-31-28-24(26)16-23(17-30-28)22-14-20(2)27(34)25(15-22)29(35)33(6)13-12-32(4)5/h8-11,14-18,34H,12-13H2,1-7H3,(H,30,31)/b9-8-,19-10+,21-11+. The first-order valence-electron chi connectivity index (χ1n) is 11.9. The van der Waals surface area contributed by atoms with Crippen LogP contribution in [0, 0.1) is 6.92 Å². The number of nitrogens with zero attached hydrogens (tertiary/aromatic N) is 3. The maximum absolute atomic E-state index is 13.1. The molecule has 0 bridgehead atoms. The SMILES string of the molecule is CO/C(C)=C/C=C\C=C(/C)c1c[nH]c2ncc(-c3cc(C)c(O)c(C(=O)N(C)CCN(C)C)c3)cc12. The van der Waals surface area contributed by atoms with Gasteiger partial charge in [0, 0.05) is 49.0 Å². The summed E-state index contributed by atoms with van der Waals surface area (Å²) in [5.41, 5.74) is 5.56. The van der Waals surface area contributed by atoms with Crippen molar-refractivity contribution in [2.45, 2.75) is 20.8 Å². The summed E-state index contributed by atoms with van der Waals surface area (Å²) >= 11 is 0. The molecule has 2 aromatic heterocycles. The predicted octanol–water partition coefficient (Wildman–Crippen LogP) is 5.39. The first-order valence-corrected chi connectivity index (χ1v) is 11.9. The molecule has 0 saturated carbocycles. The van der Waals surface area contributed by atoms with Gasteiger partial charge in [-0.1, -0.05) is 18.2 Å². The molecule has 1 aromatic carbocycles. The minimum absolute atomic E-state index is 0.0140. The molecule has 0 aliphatic heterocycles. The number of H-pyrrole nitrogens is 1. The number of aromatic nitrogens is 2. The molecule has 0 unspecified atom stereocenters. The van der Waals surface area contributed by atoms with Crippen molar-refractivity contribution in [3.8, 4) is 16.9 Å². The Labute approximate surface area is 213 Å². The van der Waals surface area contributed by atoms with E-state index in [0.717, 1.165) is 45.6 Å². The van der Waals surface area contributed by atoms with E-state index in [1.165, 1.54) is 0 Å². The first-order chi connectivity index (χ1) is 17.1. The monoisotopic (exact) mass is 488 g/mol. The number of phenolic OH excluding ortho intramolecular Hbond substituents is 1. The van der Waals surface area contributed by atoms with E-state index in [0.29, 0.717) is 17.7 Å². The van der Waals surface area contributed by atoms with E-state index in [2.05, 4.69) is 23.0 Å². The molecule has 7 heteroatoms. The highest BCUT2D eigenvalue weighted by atomic mass is 16.5. The number of nitrogens with one attached hydrogen (secondary N) is 1. The van der Waals surface area contributed by atoms with Crippen molar-refractivity contribution < 1.29 is 14.6 Å². The number of pyridine rings is 1. The minimum atomic E-state index is -0.209. The summed E-state index contributed by atoms with van der Waals surface area (Å²) in [7, 11) is 7.33. The summed E-state index contributed by atoms with van der Waals surface area (Å²) < 4.78 is 5.15. The third-order valence-electron chi connectivity index (χ3n) is 6.16. The minimum Gasteiger partial charge on any atom is -0.507 e. The summed E-state index contributed by atoms with van der Waals surface area (Å²) in [6.07, 6.45) is 11.6. The number of phenols is 1. The van der Waals surface area contributed by atoms with Crippen LogP contribution in [0.3, 0.4) is 0 Å². The average molecular weight is 489 g/mol. The number of hydrogen-bond acceptors (Lipinski definition) is 5. The molecular formula is C29H36N4O3. The van der Waals surface area contributed by atoms with Crippen molar-refractivity contribution in [2.24, 2.45) is 0 Å². The zero-order valence-electron chi connectivity index (χ0n) is 22.2. The van der Waals surface area contributed by atoms with Crippen LogP contribution in [0.2, 0.25) is 0 Å². The Hall–Kier alpha value is -3.84. The number of likely N-dealkylation sites (N-methyl/N-ethyl adjacent to an activating group) is 2. The Bertz CT molecular complexity index is 1330. The van der Waals surface area contributed by atoms with E-state index >= 15 is 0 Å². The number of amides is 1. The van der Waals surface area contributed by atoms with E-state index in [1.807, 2.05) is 69.4 Å². The average Bonchev–Trinajstić information content (AvgIpc) is 3.29. The molecule has 7 nitrogen and oxygen atoms in total. The third-order valence-corrected chi connectivity index (χ3v) is 6.16. The van der Waals surface area contributed by atoms with Gasteiger partial charge in [-0.3, -0.25) is 4.79 Å². The Balaban J connectivity index is 1.97. The van der Waals surface area contributed by atoms with Crippen LogP contribution in [0.5, 0.6) is 5.75 Å². The van der Waals surface area contributed by atoms with Gasteiger partial charge in [-0.15, -0.1) is 0 Å². The summed E-state index contributed by atoms with van der Waals surface area (Å²) in [4.78, 5) is 24.6. The molecule has 0 saturated heterocycles. The number of rotatable bonds is 9. The Kier molecular flexibility index (Phi) is 8.72. The molecule has 0 aliphatic carbocycles. The molecule has 190 valence electrons. The zero-order chi connectivity index (χ0) is 26.4. The lowest BCUT2D eigenvalue weighted by molar-refractivity contribution is 0.0783. The van der Waals surface area contributed by atoms with Crippen LogP contribution in [0.15, 0.2) is 60.7 Å². The van der Waals surface area contributed by atoms with Crippen LogP contribution in [-0.2, 0) is 4.74 Å². The topological polar surface area (TPSA) is 81.7 Å². The summed E-state index contributed by atoms with van der Waals surface area (Å²) in [6, 6.07) is 5.71. The molecule has 0 spiro atoms. The van der Waals surface area contributed by atoms with E-state index in [1.54, 1.807) is 31.3 Å². The Morgan fingerprint density at radius 3 is 2.47 bits per heavy atom. The molecule has 3 aromatic rings. The second-order valence-electron chi connectivity index (χ2n) is 9.26. The van der Waals surface area contributed by atoms with E-state index in [4.69, 9.17) is 4.74 Å². The molecule has 0 radical (unpaired) electrons. The number of ether oxygens (including phenoxy) is 1. The highest BCUT2D eigenvalue weighted by Crippen LogP contribution is 2.33. The van der Waals surface area contributed by atoms with Gasteiger partial charge >= 0.3 is 0 Å². The summed E-state index contributed by atoms with van der Waals surface area (Å²) in [5, 5.41) is 11.7.